The maximum atomic E-state index is 13.6. The van der Waals surface area contributed by atoms with Crippen LogP contribution in [0.2, 0.25) is 19.1 Å². The Labute approximate surface area is 237 Å². The van der Waals surface area contributed by atoms with Crippen molar-refractivity contribution in [2.45, 2.75) is 135 Å². The van der Waals surface area contributed by atoms with Gasteiger partial charge in [0.05, 0.1) is 0 Å². The fourth-order valence-electron chi connectivity index (χ4n) is 5.72. The van der Waals surface area contributed by atoms with E-state index in [0.717, 1.165) is 51.0 Å². The normalized spacial score (nSPS) is 15.2. The van der Waals surface area contributed by atoms with Crippen molar-refractivity contribution in [3.05, 3.63) is 35.4 Å². The summed E-state index contributed by atoms with van der Waals surface area (Å²) in [5.41, 5.74) is 2.06. The number of unbranched alkanes of at least 4 members (excludes halogenated alkanes) is 11. The van der Waals surface area contributed by atoms with Crippen molar-refractivity contribution in [2.75, 3.05) is 33.3 Å². The summed E-state index contributed by atoms with van der Waals surface area (Å²) in [6, 6.07) is 9.77. The number of aryl methyl sites for hydroxylation is 1. The summed E-state index contributed by atoms with van der Waals surface area (Å²) in [5.74, 6) is 0.236. The molecule has 0 bridgehead atoms. The summed E-state index contributed by atoms with van der Waals surface area (Å²) in [4.78, 5) is 18.4. The van der Waals surface area contributed by atoms with E-state index >= 15 is 0 Å². The van der Waals surface area contributed by atoms with E-state index in [4.69, 9.17) is 4.43 Å². The van der Waals surface area contributed by atoms with Gasteiger partial charge in [-0.1, -0.05) is 95.2 Å². The summed E-state index contributed by atoms with van der Waals surface area (Å²) in [6.07, 6.45) is 19.6. The van der Waals surface area contributed by atoms with Crippen LogP contribution < -0.4 is 0 Å². The van der Waals surface area contributed by atoms with E-state index in [-0.39, 0.29) is 5.91 Å². The van der Waals surface area contributed by atoms with E-state index in [0.29, 0.717) is 6.04 Å². The lowest BCUT2D eigenvalue weighted by Gasteiger charge is -2.39. The predicted molar refractivity (Wildman–Crippen MR) is 167 cm³/mol. The molecular formula is C33H60N2O2Si. The monoisotopic (exact) mass is 544 g/mol. The summed E-state index contributed by atoms with van der Waals surface area (Å²) >= 11 is 0. The highest BCUT2D eigenvalue weighted by Gasteiger charge is 2.29. The standard InChI is InChI=1S/C33H60N2O2Si/c1-6-7-8-9-10-11-12-13-14-15-16-17-26-35(33(36)31-21-19-30(2)20-22-31)32-23-27-34(28-24-32)25-18-29-38(4,5)37-3/h19-22,32H,6-18,23-29H2,1-5H3. The van der Waals surface area contributed by atoms with Gasteiger partial charge in [0, 0.05) is 38.3 Å². The second-order valence-electron chi connectivity index (χ2n) is 12.4. The lowest BCUT2D eigenvalue weighted by molar-refractivity contribution is 0.0567. The number of carbonyl (C=O) groups excluding carboxylic acids is 1. The molecule has 1 aliphatic rings. The van der Waals surface area contributed by atoms with Gasteiger partial charge in [-0.2, -0.15) is 0 Å². The number of piperidine rings is 1. The summed E-state index contributed by atoms with van der Waals surface area (Å²) in [5, 5.41) is 0. The topological polar surface area (TPSA) is 32.8 Å². The Morgan fingerprint density at radius 2 is 1.39 bits per heavy atom. The number of benzene rings is 1. The number of rotatable bonds is 20. The van der Waals surface area contributed by atoms with E-state index in [2.05, 4.69) is 48.9 Å². The van der Waals surface area contributed by atoms with E-state index in [1.165, 1.54) is 88.7 Å². The Hall–Kier alpha value is -1.17. The molecule has 38 heavy (non-hydrogen) atoms. The van der Waals surface area contributed by atoms with Crippen molar-refractivity contribution in [3.8, 4) is 0 Å². The fraction of sp³-hybridized carbons (Fsp3) is 0.788. The molecule has 1 aromatic carbocycles. The van der Waals surface area contributed by atoms with Crippen LogP contribution in [0.3, 0.4) is 0 Å². The molecule has 0 N–H and O–H groups in total. The van der Waals surface area contributed by atoms with E-state index in [1.807, 2.05) is 19.2 Å². The summed E-state index contributed by atoms with van der Waals surface area (Å²) < 4.78 is 5.72. The Morgan fingerprint density at radius 3 is 1.92 bits per heavy atom. The average molecular weight is 545 g/mol. The van der Waals surface area contributed by atoms with Crippen LogP contribution in [0.15, 0.2) is 24.3 Å². The molecule has 4 nitrogen and oxygen atoms in total. The van der Waals surface area contributed by atoms with Gasteiger partial charge >= 0.3 is 0 Å². The van der Waals surface area contributed by atoms with Gasteiger partial charge in [0.2, 0.25) is 0 Å². The highest BCUT2D eigenvalue weighted by Crippen LogP contribution is 2.22. The first-order valence-corrected chi connectivity index (χ1v) is 19.1. The number of likely N-dealkylation sites (tertiary alicyclic amines) is 1. The Kier molecular flexibility index (Phi) is 16.5. The molecule has 218 valence electrons. The number of hydrogen-bond acceptors (Lipinski definition) is 3. The minimum absolute atomic E-state index is 0.236. The summed E-state index contributed by atoms with van der Waals surface area (Å²) in [7, 11) is 0.401. The van der Waals surface area contributed by atoms with Crippen LogP contribution in [0.4, 0.5) is 0 Å². The molecule has 1 aromatic rings. The van der Waals surface area contributed by atoms with Gasteiger partial charge in [0.1, 0.15) is 0 Å². The lowest BCUT2D eigenvalue weighted by atomic mass is 10.00. The molecule has 1 fully saturated rings. The Balaban J connectivity index is 1.75. The molecule has 1 saturated heterocycles. The third kappa shape index (κ3) is 13.3. The first kappa shape index (κ1) is 33.0. The van der Waals surface area contributed by atoms with Crippen LogP contribution in [0.1, 0.15) is 119 Å². The predicted octanol–water partition coefficient (Wildman–Crippen LogP) is 8.84. The van der Waals surface area contributed by atoms with Crippen molar-refractivity contribution < 1.29 is 9.22 Å². The highest BCUT2D eigenvalue weighted by molar-refractivity contribution is 6.71. The van der Waals surface area contributed by atoms with Crippen LogP contribution in [-0.2, 0) is 4.43 Å². The van der Waals surface area contributed by atoms with Gasteiger partial charge in [-0.3, -0.25) is 4.79 Å². The zero-order valence-electron chi connectivity index (χ0n) is 25.7. The van der Waals surface area contributed by atoms with E-state index < -0.39 is 8.32 Å². The molecule has 2 rings (SSSR count). The molecule has 0 aromatic heterocycles. The molecule has 0 atom stereocenters. The van der Waals surface area contributed by atoms with E-state index in [9.17, 15) is 4.79 Å². The van der Waals surface area contributed by atoms with Crippen molar-refractivity contribution in [3.63, 3.8) is 0 Å². The summed E-state index contributed by atoms with van der Waals surface area (Å²) in [6.45, 7) is 13.3. The van der Waals surface area contributed by atoms with Gasteiger partial charge < -0.3 is 14.2 Å². The molecule has 0 radical (unpaired) electrons. The van der Waals surface area contributed by atoms with Gasteiger partial charge in [-0.15, -0.1) is 0 Å². The van der Waals surface area contributed by atoms with Gasteiger partial charge in [-0.05, 0) is 70.4 Å². The SMILES string of the molecule is CCCCCCCCCCCCCCN(C(=O)c1ccc(C)cc1)C1CCN(CCC[Si](C)(C)OC)CC1. The molecule has 1 amide bonds. The van der Waals surface area contributed by atoms with Gasteiger partial charge in [0.25, 0.3) is 5.91 Å². The zero-order chi connectivity index (χ0) is 27.6. The highest BCUT2D eigenvalue weighted by atomic mass is 28.4. The third-order valence-electron chi connectivity index (χ3n) is 8.62. The van der Waals surface area contributed by atoms with Crippen molar-refractivity contribution in [1.82, 2.24) is 9.80 Å². The minimum Gasteiger partial charge on any atom is -0.420 e. The molecule has 0 spiro atoms. The van der Waals surface area contributed by atoms with Crippen molar-refractivity contribution in [2.24, 2.45) is 0 Å². The molecule has 1 aliphatic heterocycles. The largest absolute Gasteiger partial charge is 0.420 e. The van der Waals surface area contributed by atoms with Crippen LogP contribution >= 0.6 is 0 Å². The van der Waals surface area contributed by atoms with Gasteiger partial charge in [0.15, 0.2) is 8.32 Å². The Bertz CT molecular complexity index is 744. The molecule has 0 unspecified atom stereocenters. The van der Waals surface area contributed by atoms with Crippen LogP contribution in [0, 0.1) is 6.92 Å². The molecule has 0 aliphatic carbocycles. The fourth-order valence-corrected chi connectivity index (χ4v) is 6.93. The smallest absolute Gasteiger partial charge is 0.254 e. The molecule has 0 saturated carbocycles. The van der Waals surface area contributed by atoms with Crippen LogP contribution in [-0.4, -0.2) is 63.4 Å². The number of hydrogen-bond donors (Lipinski definition) is 0. The first-order chi connectivity index (χ1) is 18.4. The Morgan fingerprint density at radius 1 is 0.868 bits per heavy atom. The minimum atomic E-state index is -1.47. The zero-order valence-corrected chi connectivity index (χ0v) is 26.7. The number of amides is 1. The molecule has 5 heteroatoms. The molecular weight excluding hydrogens is 484 g/mol. The van der Waals surface area contributed by atoms with Crippen molar-refractivity contribution in [1.29, 1.82) is 0 Å². The van der Waals surface area contributed by atoms with Crippen LogP contribution in [0.5, 0.6) is 0 Å². The molecule has 1 heterocycles. The lowest BCUT2D eigenvalue weighted by Crippen LogP contribution is -2.48. The second-order valence-corrected chi connectivity index (χ2v) is 16.8. The van der Waals surface area contributed by atoms with Crippen LogP contribution in [0.25, 0.3) is 0 Å². The van der Waals surface area contributed by atoms with Gasteiger partial charge in [-0.25, -0.2) is 0 Å². The second kappa shape index (κ2) is 19.0. The number of nitrogens with zero attached hydrogens (tertiary/aromatic N) is 2. The third-order valence-corrected chi connectivity index (χ3v) is 11.3. The maximum Gasteiger partial charge on any atom is 0.254 e. The number of carbonyl (C=O) groups is 1. The first-order valence-electron chi connectivity index (χ1n) is 16.0. The maximum absolute atomic E-state index is 13.6. The van der Waals surface area contributed by atoms with Crippen molar-refractivity contribution >= 4 is 14.2 Å². The average Bonchev–Trinajstić information content (AvgIpc) is 2.92. The quantitative estimate of drug-likeness (QED) is 0.121. The van der Waals surface area contributed by atoms with E-state index in [1.54, 1.807) is 0 Å².